The van der Waals surface area contributed by atoms with E-state index in [9.17, 15) is 4.79 Å². The third-order valence-electron chi connectivity index (χ3n) is 4.56. The summed E-state index contributed by atoms with van der Waals surface area (Å²) >= 11 is 1.38. The molecule has 1 N–H and O–H groups in total. The molecule has 0 radical (unpaired) electrons. The molecule has 150 valence electrons. The highest BCUT2D eigenvalue weighted by Crippen LogP contribution is 2.32. The molecule has 2 unspecified atom stereocenters. The first-order valence-electron chi connectivity index (χ1n) is 9.37. The topological polar surface area (TPSA) is 78.3 Å². The van der Waals surface area contributed by atoms with Crippen LogP contribution in [0.2, 0.25) is 0 Å². The molecule has 0 aliphatic carbocycles. The van der Waals surface area contributed by atoms with E-state index in [-0.39, 0.29) is 17.3 Å². The van der Waals surface area contributed by atoms with Crippen LogP contribution in [-0.4, -0.2) is 52.3 Å². The third-order valence-corrected chi connectivity index (χ3v) is 5.64. The predicted octanol–water partition coefficient (Wildman–Crippen LogP) is 2.92. The van der Waals surface area contributed by atoms with Crippen LogP contribution in [0.3, 0.4) is 0 Å². The Bertz CT molecular complexity index is 818. The number of hydrogen-bond donors (Lipinski definition) is 1. The number of benzene rings is 1. The molecule has 1 aromatic heterocycles. The van der Waals surface area contributed by atoms with E-state index in [1.54, 1.807) is 13.2 Å². The van der Waals surface area contributed by atoms with E-state index < -0.39 is 0 Å². The smallest absolute Gasteiger partial charge is 0.233 e. The van der Waals surface area contributed by atoms with Crippen molar-refractivity contribution in [2.45, 2.75) is 42.8 Å². The van der Waals surface area contributed by atoms with Crippen LogP contribution in [0, 0.1) is 0 Å². The summed E-state index contributed by atoms with van der Waals surface area (Å²) in [4.78, 5) is 12.5. The lowest BCUT2D eigenvalue weighted by atomic mass is 10.2. The van der Waals surface area contributed by atoms with Gasteiger partial charge in [-0.05, 0) is 31.9 Å². The highest BCUT2D eigenvalue weighted by atomic mass is 32.2. The summed E-state index contributed by atoms with van der Waals surface area (Å²) in [6.07, 6.45) is 3.97. The number of nitrogens with one attached hydrogen (secondary N) is 1. The second-order valence-electron chi connectivity index (χ2n) is 6.55. The highest BCUT2D eigenvalue weighted by molar-refractivity contribution is 8.00. The molecule has 1 aliphatic rings. The van der Waals surface area contributed by atoms with Gasteiger partial charge in [-0.15, -0.1) is 16.8 Å². The zero-order valence-corrected chi connectivity index (χ0v) is 17.1. The van der Waals surface area contributed by atoms with Crippen LogP contribution < -0.4 is 10.1 Å². The number of para-hydroxylation sites is 1. The van der Waals surface area contributed by atoms with Gasteiger partial charge in [0.2, 0.25) is 5.91 Å². The number of methoxy groups -OCH3 is 1. The van der Waals surface area contributed by atoms with Gasteiger partial charge in [-0.25, -0.2) is 0 Å². The molecule has 0 saturated carbocycles. The molecule has 2 heterocycles. The Morgan fingerprint density at radius 2 is 2.32 bits per heavy atom. The first-order chi connectivity index (χ1) is 13.6. The number of allylic oxidation sites excluding steroid dienone is 1. The molecule has 0 spiro atoms. The minimum atomic E-state index is -0.306. The van der Waals surface area contributed by atoms with Crippen molar-refractivity contribution in [3.63, 3.8) is 0 Å². The monoisotopic (exact) mass is 402 g/mol. The number of ether oxygens (including phenoxy) is 2. The minimum Gasteiger partial charge on any atom is -0.496 e. The zero-order valence-electron chi connectivity index (χ0n) is 16.3. The molecule has 28 heavy (non-hydrogen) atoms. The van der Waals surface area contributed by atoms with Gasteiger partial charge >= 0.3 is 0 Å². The summed E-state index contributed by atoms with van der Waals surface area (Å²) in [6.45, 7) is 7.56. The Hall–Kier alpha value is -2.32. The van der Waals surface area contributed by atoms with Crippen molar-refractivity contribution in [2.75, 3.05) is 20.3 Å². The van der Waals surface area contributed by atoms with Crippen molar-refractivity contribution in [3.8, 4) is 17.1 Å². The molecule has 7 nitrogen and oxygen atoms in total. The fourth-order valence-corrected chi connectivity index (χ4v) is 3.96. The van der Waals surface area contributed by atoms with Crippen LogP contribution in [0.15, 0.2) is 42.1 Å². The first kappa shape index (κ1) is 20.4. The lowest BCUT2D eigenvalue weighted by Crippen LogP contribution is -2.36. The maximum atomic E-state index is 12.5. The third kappa shape index (κ3) is 4.74. The molecule has 0 bridgehead atoms. The lowest BCUT2D eigenvalue weighted by molar-refractivity contribution is -0.120. The summed E-state index contributed by atoms with van der Waals surface area (Å²) in [6, 6.07) is 7.66. The molecule has 3 rings (SSSR count). The van der Waals surface area contributed by atoms with E-state index in [0.717, 1.165) is 30.8 Å². The van der Waals surface area contributed by atoms with Crippen molar-refractivity contribution < 1.29 is 14.3 Å². The molecule has 8 heteroatoms. The molecule has 1 saturated heterocycles. The molecule has 1 fully saturated rings. The number of rotatable bonds is 9. The molecule has 1 aromatic carbocycles. The lowest BCUT2D eigenvalue weighted by Gasteiger charge is -2.15. The van der Waals surface area contributed by atoms with Crippen molar-refractivity contribution >= 4 is 17.7 Å². The largest absolute Gasteiger partial charge is 0.496 e. The van der Waals surface area contributed by atoms with Crippen LogP contribution in [0.5, 0.6) is 5.75 Å². The SMILES string of the molecule is C=CCn1c(SC(C)C(=O)NCC2CCCO2)nnc1-c1ccccc1OC. The van der Waals surface area contributed by atoms with Crippen molar-refractivity contribution in [1.82, 2.24) is 20.1 Å². The predicted molar refractivity (Wildman–Crippen MR) is 110 cm³/mol. The van der Waals surface area contributed by atoms with Gasteiger partial charge in [-0.2, -0.15) is 0 Å². The maximum Gasteiger partial charge on any atom is 0.233 e. The fraction of sp³-hybridized carbons (Fsp3) is 0.450. The van der Waals surface area contributed by atoms with Gasteiger partial charge in [0, 0.05) is 19.7 Å². The minimum absolute atomic E-state index is 0.0347. The van der Waals surface area contributed by atoms with E-state index in [1.165, 1.54) is 11.8 Å². The fourth-order valence-electron chi connectivity index (χ4n) is 3.07. The Morgan fingerprint density at radius 3 is 3.04 bits per heavy atom. The maximum absolute atomic E-state index is 12.5. The zero-order chi connectivity index (χ0) is 19.9. The number of carbonyl (C=O) groups excluding carboxylic acids is 1. The molecular formula is C20H26N4O3S. The first-order valence-corrected chi connectivity index (χ1v) is 10.3. The van der Waals surface area contributed by atoms with Gasteiger partial charge < -0.3 is 14.8 Å². The van der Waals surface area contributed by atoms with E-state index in [2.05, 4.69) is 22.1 Å². The van der Waals surface area contributed by atoms with E-state index in [4.69, 9.17) is 9.47 Å². The molecule has 2 atom stereocenters. The van der Waals surface area contributed by atoms with Crippen molar-refractivity contribution in [1.29, 1.82) is 0 Å². The number of carbonyl (C=O) groups is 1. The number of hydrogen-bond acceptors (Lipinski definition) is 6. The summed E-state index contributed by atoms with van der Waals surface area (Å²) in [5, 5.41) is 12.0. The number of aromatic nitrogens is 3. The average Bonchev–Trinajstić information content (AvgIpc) is 3.37. The Morgan fingerprint density at radius 1 is 1.50 bits per heavy atom. The van der Waals surface area contributed by atoms with Gasteiger partial charge in [0.1, 0.15) is 5.75 Å². The summed E-state index contributed by atoms with van der Waals surface area (Å²) in [5.74, 6) is 1.37. The molecular weight excluding hydrogens is 376 g/mol. The molecule has 1 amide bonds. The van der Waals surface area contributed by atoms with Gasteiger partial charge in [-0.1, -0.05) is 30.0 Å². The van der Waals surface area contributed by atoms with Crippen LogP contribution in [0.4, 0.5) is 0 Å². The number of thioether (sulfide) groups is 1. The highest BCUT2D eigenvalue weighted by Gasteiger charge is 2.23. The van der Waals surface area contributed by atoms with E-state index in [0.29, 0.717) is 24.1 Å². The van der Waals surface area contributed by atoms with Crippen molar-refractivity contribution in [3.05, 3.63) is 36.9 Å². The number of amides is 1. The molecule has 2 aromatic rings. The standard InChI is InChI=1S/C20H26N4O3S/c1-4-11-24-18(16-9-5-6-10-17(16)26-3)22-23-20(24)28-14(2)19(25)21-13-15-8-7-12-27-15/h4-6,9-10,14-15H,1,7-8,11-13H2,2-3H3,(H,21,25). The van der Waals surface area contributed by atoms with Crippen LogP contribution in [0.25, 0.3) is 11.4 Å². The van der Waals surface area contributed by atoms with Crippen molar-refractivity contribution in [2.24, 2.45) is 0 Å². The van der Waals surface area contributed by atoms with Gasteiger partial charge in [-0.3, -0.25) is 9.36 Å². The summed E-state index contributed by atoms with van der Waals surface area (Å²) in [5.41, 5.74) is 0.849. The van der Waals surface area contributed by atoms with Gasteiger partial charge in [0.25, 0.3) is 0 Å². The van der Waals surface area contributed by atoms with E-state index in [1.807, 2.05) is 35.8 Å². The Kier molecular flexibility index (Phi) is 7.11. The molecule has 1 aliphatic heterocycles. The summed E-state index contributed by atoms with van der Waals surface area (Å²) < 4.78 is 13.0. The summed E-state index contributed by atoms with van der Waals surface area (Å²) in [7, 11) is 1.63. The van der Waals surface area contributed by atoms with Gasteiger partial charge in [0.15, 0.2) is 11.0 Å². The van der Waals surface area contributed by atoms with Crippen LogP contribution in [0.1, 0.15) is 19.8 Å². The number of nitrogens with zero attached hydrogens (tertiary/aromatic N) is 3. The second kappa shape index (κ2) is 9.75. The van der Waals surface area contributed by atoms with Gasteiger partial charge in [0.05, 0.1) is 24.0 Å². The van der Waals surface area contributed by atoms with E-state index >= 15 is 0 Å². The van der Waals surface area contributed by atoms with Crippen LogP contribution >= 0.6 is 11.8 Å². The van der Waals surface area contributed by atoms with Crippen LogP contribution in [-0.2, 0) is 16.1 Å². The average molecular weight is 403 g/mol. The Labute approximate surface area is 169 Å². The quantitative estimate of drug-likeness (QED) is 0.513. The Balaban J connectivity index is 1.73. The second-order valence-corrected chi connectivity index (χ2v) is 7.85. The normalized spacial score (nSPS) is 17.3.